The van der Waals surface area contributed by atoms with Crippen LogP contribution in [0.1, 0.15) is 0 Å². The molecule has 0 bridgehead atoms. The van der Waals surface area contributed by atoms with Crippen LogP contribution >= 0.6 is 0 Å². The highest BCUT2D eigenvalue weighted by Gasteiger charge is 2.03. The van der Waals surface area contributed by atoms with Gasteiger partial charge in [0.15, 0.2) is 0 Å². The number of aliphatic hydroxyl groups is 1. The van der Waals surface area contributed by atoms with Gasteiger partial charge < -0.3 is 5.11 Å². The topological polar surface area (TPSA) is 45.1 Å². The fourth-order valence-electron chi connectivity index (χ4n) is 0.619. The number of aliphatic hydroxyl groups excluding tert-OH is 1. The average Bonchev–Trinajstić information content (AvgIpc) is 2.34. The van der Waals surface area contributed by atoms with Gasteiger partial charge in [0.05, 0.1) is 26.3 Å². The first-order valence-electron chi connectivity index (χ1n) is 2.94. The highest BCUT2D eigenvalue weighted by atomic mass is 16.7. The van der Waals surface area contributed by atoms with E-state index < -0.39 is 0 Å². The van der Waals surface area contributed by atoms with Crippen LogP contribution in [0.3, 0.4) is 0 Å². The summed E-state index contributed by atoms with van der Waals surface area (Å²) in [5.74, 6) is 0. The maximum absolute atomic E-state index is 8.33. The molecule has 0 aromatic carbocycles. The van der Waals surface area contributed by atoms with Crippen molar-refractivity contribution in [1.29, 1.82) is 0 Å². The number of hydrogen-bond acceptors (Lipinski definition) is 4. The maximum atomic E-state index is 8.33. The van der Waals surface area contributed by atoms with Crippen molar-refractivity contribution in [3.63, 3.8) is 0 Å². The number of hydrogen-bond donors (Lipinski definition) is 1. The van der Waals surface area contributed by atoms with E-state index in [2.05, 4.69) is 4.99 Å². The van der Waals surface area contributed by atoms with Gasteiger partial charge in [0.1, 0.15) is 6.34 Å². The molecule has 0 atom stereocenters. The van der Waals surface area contributed by atoms with Crippen LogP contribution in [-0.4, -0.2) is 42.8 Å². The molecule has 0 saturated heterocycles. The molecule has 4 nitrogen and oxygen atoms in total. The maximum Gasteiger partial charge on any atom is 0.110 e. The Hall–Kier alpha value is -0.610. The first-order valence-corrected chi connectivity index (χ1v) is 2.94. The van der Waals surface area contributed by atoms with E-state index in [-0.39, 0.29) is 6.61 Å². The Morgan fingerprint density at radius 3 is 3.22 bits per heavy atom. The van der Waals surface area contributed by atoms with Gasteiger partial charge >= 0.3 is 0 Å². The molecule has 0 radical (unpaired) electrons. The molecular formula is C5H10N2O2. The van der Waals surface area contributed by atoms with Crippen molar-refractivity contribution in [3.05, 3.63) is 0 Å². The van der Waals surface area contributed by atoms with Crippen molar-refractivity contribution in [1.82, 2.24) is 5.06 Å². The molecule has 1 heterocycles. The summed E-state index contributed by atoms with van der Waals surface area (Å²) in [6.45, 7) is 2.02. The predicted molar refractivity (Wildman–Crippen MR) is 33.1 cm³/mol. The van der Waals surface area contributed by atoms with Crippen LogP contribution in [-0.2, 0) is 4.84 Å². The normalized spacial score (nSPS) is 17.2. The number of hydroxylamine groups is 2. The van der Waals surface area contributed by atoms with Crippen molar-refractivity contribution >= 4 is 6.34 Å². The lowest BCUT2D eigenvalue weighted by atomic mass is 10.7. The molecular weight excluding hydrogens is 120 g/mol. The molecule has 0 saturated carbocycles. The number of aliphatic imine (C=N–C) groups is 1. The monoisotopic (exact) mass is 130 g/mol. The van der Waals surface area contributed by atoms with Crippen LogP contribution in [0.15, 0.2) is 4.99 Å². The molecule has 1 N–H and O–H groups in total. The van der Waals surface area contributed by atoms with E-state index in [0.717, 1.165) is 13.1 Å². The molecule has 0 unspecified atom stereocenters. The summed E-state index contributed by atoms with van der Waals surface area (Å²) >= 11 is 0. The minimum atomic E-state index is 0.0599. The molecule has 1 aliphatic rings. The Morgan fingerprint density at radius 1 is 1.78 bits per heavy atom. The fraction of sp³-hybridized carbons (Fsp3) is 0.800. The van der Waals surface area contributed by atoms with Crippen LogP contribution in [0.4, 0.5) is 0 Å². The SMILES string of the molecule is OCCON1C=NCC1. The second-order valence-corrected chi connectivity index (χ2v) is 1.72. The fourth-order valence-corrected chi connectivity index (χ4v) is 0.619. The van der Waals surface area contributed by atoms with Crippen molar-refractivity contribution in [3.8, 4) is 0 Å². The zero-order valence-corrected chi connectivity index (χ0v) is 5.16. The van der Waals surface area contributed by atoms with Crippen molar-refractivity contribution < 1.29 is 9.94 Å². The van der Waals surface area contributed by atoms with E-state index in [1.165, 1.54) is 0 Å². The third-order valence-corrected chi connectivity index (χ3v) is 1.01. The van der Waals surface area contributed by atoms with E-state index in [0.29, 0.717) is 6.61 Å². The molecule has 0 aliphatic carbocycles. The summed E-state index contributed by atoms with van der Waals surface area (Å²) in [5.41, 5.74) is 0. The second kappa shape index (κ2) is 3.42. The molecule has 0 aromatic heterocycles. The summed E-state index contributed by atoms with van der Waals surface area (Å²) < 4.78 is 0. The molecule has 4 heteroatoms. The number of rotatable bonds is 3. The van der Waals surface area contributed by atoms with Crippen molar-refractivity contribution in [2.24, 2.45) is 4.99 Å². The van der Waals surface area contributed by atoms with Gasteiger partial charge in [-0.3, -0.25) is 9.83 Å². The third kappa shape index (κ3) is 1.99. The summed E-state index contributed by atoms with van der Waals surface area (Å²) in [4.78, 5) is 8.90. The first kappa shape index (κ1) is 6.51. The summed E-state index contributed by atoms with van der Waals surface area (Å²) in [5, 5.41) is 9.95. The van der Waals surface area contributed by atoms with E-state index in [1.54, 1.807) is 11.4 Å². The van der Waals surface area contributed by atoms with Gasteiger partial charge in [-0.15, -0.1) is 0 Å². The van der Waals surface area contributed by atoms with Gasteiger partial charge in [0.25, 0.3) is 0 Å². The summed E-state index contributed by atoms with van der Waals surface area (Å²) in [7, 11) is 0. The van der Waals surface area contributed by atoms with Gasteiger partial charge in [0.2, 0.25) is 0 Å². The number of nitrogens with zero attached hydrogens (tertiary/aromatic N) is 2. The Morgan fingerprint density at radius 2 is 2.67 bits per heavy atom. The first-order chi connectivity index (χ1) is 4.43. The smallest absolute Gasteiger partial charge is 0.110 e. The molecule has 0 fully saturated rings. The van der Waals surface area contributed by atoms with Gasteiger partial charge in [-0.1, -0.05) is 0 Å². The van der Waals surface area contributed by atoms with E-state index >= 15 is 0 Å². The average molecular weight is 130 g/mol. The standard InChI is InChI=1S/C5H10N2O2/c8-3-4-9-7-2-1-6-5-7/h5,8H,1-4H2. The lowest BCUT2D eigenvalue weighted by Gasteiger charge is -2.11. The van der Waals surface area contributed by atoms with Crippen LogP contribution in [0, 0.1) is 0 Å². The largest absolute Gasteiger partial charge is 0.394 e. The lowest BCUT2D eigenvalue weighted by molar-refractivity contribution is -0.0974. The van der Waals surface area contributed by atoms with E-state index in [1.807, 2.05) is 0 Å². The highest BCUT2D eigenvalue weighted by molar-refractivity contribution is 5.55. The lowest BCUT2D eigenvalue weighted by Crippen LogP contribution is -2.21. The molecule has 1 aliphatic heterocycles. The Labute approximate surface area is 53.7 Å². The predicted octanol–water partition coefficient (Wildman–Crippen LogP) is -0.746. The van der Waals surface area contributed by atoms with Crippen LogP contribution in [0.25, 0.3) is 0 Å². The summed E-state index contributed by atoms with van der Waals surface area (Å²) in [6.07, 6.45) is 1.63. The quantitative estimate of drug-likeness (QED) is 0.547. The minimum Gasteiger partial charge on any atom is -0.394 e. The second-order valence-electron chi connectivity index (χ2n) is 1.72. The Bertz CT molecular complexity index is 105. The van der Waals surface area contributed by atoms with Crippen molar-refractivity contribution in [2.75, 3.05) is 26.3 Å². The van der Waals surface area contributed by atoms with Gasteiger partial charge in [0, 0.05) is 0 Å². The minimum absolute atomic E-state index is 0.0599. The molecule has 0 spiro atoms. The van der Waals surface area contributed by atoms with Gasteiger partial charge in [-0.05, 0) is 0 Å². The van der Waals surface area contributed by atoms with Crippen LogP contribution in [0.2, 0.25) is 0 Å². The molecule has 9 heavy (non-hydrogen) atoms. The molecule has 0 amide bonds. The molecule has 52 valence electrons. The Kier molecular flexibility index (Phi) is 2.48. The van der Waals surface area contributed by atoms with Gasteiger partial charge in [-0.25, -0.2) is 5.06 Å². The van der Waals surface area contributed by atoms with Crippen LogP contribution < -0.4 is 0 Å². The molecule has 1 rings (SSSR count). The Balaban J connectivity index is 2.05. The third-order valence-electron chi connectivity index (χ3n) is 1.01. The van der Waals surface area contributed by atoms with E-state index in [4.69, 9.17) is 9.94 Å². The van der Waals surface area contributed by atoms with Gasteiger partial charge in [-0.2, -0.15) is 0 Å². The van der Waals surface area contributed by atoms with E-state index in [9.17, 15) is 0 Å². The van der Waals surface area contributed by atoms with Crippen LogP contribution in [0.5, 0.6) is 0 Å². The zero-order valence-electron chi connectivity index (χ0n) is 5.16. The molecule has 0 aromatic rings. The highest BCUT2D eigenvalue weighted by Crippen LogP contribution is 1.92. The zero-order chi connectivity index (χ0) is 6.53. The summed E-state index contributed by atoms with van der Waals surface area (Å²) in [6, 6.07) is 0. The van der Waals surface area contributed by atoms with Crippen molar-refractivity contribution in [2.45, 2.75) is 0 Å².